The largest absolute Gasteiger partial charge is 0.496 e. The first-order chi connectivity index (χ1) is 11.1. The molecule has 23 heavy (non-hydrogen) atoms. The van der Waals surface area contributed by atoms with E-state index in [0.717, 1.165) is 16.5 Å². The third-order valence-corrected chi connectivity index (χ3v) is 3.77. The van der Waals surface area contributed by atoms with Crippen molar-refractivity contribution in [1.82, 2.24) is 15.1 Å². The minimum Gasteiger partial charge on any atom is -0.496 e. The van der Waals surface area contributed by atoms with Gasteiger partial charge in [0.05, 0.1) is 25.4 Å². The minimum atomic E-state index is -0.146. The number of benzene rings is 2. The molecule has 1 heterocycles. The van der Waals surface area contributed by atoms with Crippen molar-refractivity contribution >= 4 is 22.5 Å². The van der Waals surface area contributed by atoms with Gasteiger partial charge in [0, 0.05) is 29.2 Å². The molecule has 118 valence electrons. The molecule has 0 fully saturated rings. The van der Waals surface area contributed by atoms with Crippen LogP contribution in [-0.4, -0.2) is 29.8 Å². The monoisotopic (exact) mass is 310 g/mol. The van der Waals surface area contributed by atoms with Crippen LogP contribution in [0.1, 0.15) is 15.9 Å². The lowest BCUT2D eigenvalue weighted by Gasteiger charge is -2.11. The van der Waals surface area contributed by atoms with E-state index in [1.54, 1.807) is 32.5 Å². The number of hydrogen-bond donors (Lipinski definition) is 2. The molecule has 0 spiro atoms. The van der Waals surface area contributed by atoms with Crippen LogP contribution in [0.25, 0.3) is 10.9 Å². The molecule has 0 aliphatic heterocycles. The Labute approximate surface area is 133 Å². The van der Waals surface area contributed by atoms with Gasteiger partial charge in [-0.05, 0) is 30.3 Å². The Hall–Kier alpha value is -3.02. The molecule has 0 bridgehead atoms. The third-order valence-electron chi connectivity index (χ3n) is 3.77. The van der Waals surface area contributed by atoms with Gasteiger partial charge in [0.2, 0.25) is 0 Å². The van der Waals surface area contributed by atoms with E-state index >= 15 is 0 Å². The molecule has 0 aliphatic carbocycles. The van der Waals surface area contributed by atoms with Crippen LogP contribution < -0.4 is 15.8 Å². The predicted octanol–water partition coefficient (Wildman–Crippen LogP) is 2.04. The summed E-state index contributed by atoms with van der Waals surface area (Å²) in [5, 5.41) is 8.04. The van der Waals surface area contributed by atoms with Gasteiger partial charge in [-0.3, -0.25) is 9.48 Å². The zero-order valence-corrected chi connectivity index (χ0v) is 13.0. The summed E-state index contributed by atoms with van der Waals surface area (Å²) >= 11 is 0. The van der Waals surface area contributed by atoms with Crippen LogP contribution in [-0.2, 0) is 6.54 Å². The maximum absolute atomic E-state index is 11.7. The maximum Gasteiger partial charge on any atom is 0.251 e. The molecule has 0 radical (unpaired) electrons. The van der Waals surface area contributed by atoms with Crippen molar-refractivity contribution in [3.63, 3.8) is 0 Å². The summed E-state index contributed by atoms with van der Waals surface area (Å²) in [6, 6.07) is 11.1. The Bertz CT molecular complexity index is 870. The number of rotatable bonds is 4. The predicted molar refractivity (Wildman–Crippen MR) is 89.6 cm³/mol. The highest BCUT2D eigenvalue weighted by Gasteiger charge is 2.11. The SMILES string of the molecule is CNC(=O)c1ccc(Cn2ncc3ccc(N)cc32)c(OC)c1. The van der Waals surface area contributed by atoms with Crippen molar-refractivity contribution in [2.45, 2.75) is 6.54 Å². The number of fused-ring (bicyclic) bond motifs is 1. The number of ether oxygens (including phenoxy) is 1. The lowest BCUT2D eigenvalue weighted by atomic mass is 10.1. The van der Waals surface area contributed by atoms with Crippen LogP contribution in [0.5, 0.6) is 5.75 Å². The highest BCUT2D eigenvalue weighted by atomic mass is 16.5. The highest BCUT2D eigenvalue weighted by molar-refractivity contribution is 5.94. The van der Waals surface area contributed by atoms with Gasteiger partial charge in [0.1, 0.15) is 5.75 Å². The first-order valence-corrected chi connectivity index (χ1v) is 7.22. The highest BCUT2D eigenvalue weighted by Crippen LogP contribution is 2.24. The number of nitrogen functional groups attached to an aromatic ring is 1. The van der Waals surface area contributed by atoms with Crippen molar-refractivity contribution in [2.24, 2.45) is 0 Å². The molecule has 0 atom stereocenters. The summed E-state index contributed by atoms with van der Waals surface area (Å²) in [7, 11) is 3.19. The number of anilines is 1. The molecule has 3 rings (SSSR count). The van der Waals surface area contributed by atoms with Crippen molar-refractivity contribution in [3.05, 3.63) is 53.7 Å². The third kappa shape index (κ3) is 2.83. The molecule has 3 N–H and O–H groups in total. The number of amides is 1. The molecular weight excluding hydrogens is 292 g/mol. The molecule has 1 aromatic heterocycles. The Morgan fingerprint density at radius 1 is 1.30 bits per heavy atom. The van der Waals surface area contributed by atoms with Crippen molar-refractivity contribution < 1.29 is 9.53 Å². The smallest absolute Gasteiger partial charge is 0.251 e. The fourth-order valence-electron chi connectivity index (χ4n) is 2.54. The summed E-state index contributed by atoms with van der Waals surface area (Å²) in [6.45, 7) is 0.532. The molecule has 0 saturated carbocycles. The van der Waals surface area contributed by atoms with Crippen molar-refractivity contribution in [2.75, 3.05) is 19.9 Å². The molecule has 6 nitrogen and oxygen atoms in total. The summed E-state index contributed by atoms with van der Waals surface area (Å²) in [6.07, 6.45) is 1.81. The fourth-order valence-corrected chi connectivity index (χ4v) is 2.54. The number of methoxy groups -OCH3 is 1. The molecular formula is C17H18N4O2. The van der Waals surface area contributed by atoms with Crippen molar-refractivity contribution in [1.29, 1.82) is 0 Å². The van der Waals surface area contributed by atoms with E-state index in [4.69, 9.17) is 10.5 Å². The van der Waals surface area contributed by atoms with Crippen LogP contribution in [0.3, 0.4) is 0 Å². The maximum atomic E-state index is 11.7. The van der Waals surface area contributed by atoms with Gasteiger partial charge >= 0.3 is 0 Å². The van der Waals surface area contributed by atoms with Crippen LogP contribution in [0, 0.1) is 0 Å². The van der Waals surface area contributed by atoms with E-state index in [-0.39, 0.29) is 5.91 Å². The number of aromatic nitrogens is 2. The summed E-state index contributed by atoms with van der Waals surface area (Å²) in [5.74, 6) is 0.505. The van der Waals surface area contributed by atoms with Gasteiger partial charge < -0.3 is 15.8 Å². The minimum absolute atomic E-state index is 0.146. The second-order valence-electron chi connectivity index (χ2n) is 5.23. The van der Waals surface area contributed by atoms with Gasteiger partial charge in [0.15, 0.2) is 0 Å². The Kier molecular flexibility index (Phi) is 3.89. The molecule has 3 aromatic rings. The second-order valence-corrected chi connectivity index (χ2v) is 5.23. The standard InChI is InChI=1S/C17H18N4O2/c1-19-17(22)11-3-4-13(16(7-11)23-2)10-21-15-8-14(18)6-5-12(15)9-20-21/h3-9H,10,18H2,1-2H3,(H,19,22). The first kappa shape index (κ1) is 14.9. The van der Waals surface area contributed by atoms with Crippen LogP contribution in [0.15, 0.2) is 42.6 Å². The number of hydrogen-bond acceptors (Lipinski definition) is 4. The van der Waals surface area contributed by atoms with Crippen LogP contribution >= 0.6 is 0 Å². The van der Waals surface area contributed by atoms with Gasteiger partial charge in [-0.25, -0.2) is 0 Å². The average molecular weight is 310 g/mol. The van der Waals surface area contributed by atoms with E-state index in [1.165, 1.54) is 0 Å². The zero-order valence-electron chi connectivity index (χ0n) is 13.0. The van der Waals surface area contributed by atoms with Crippen molar-refractivity contribution in [3.8, 4) is 5.75 Å². The Morgan fingerprint density at radius 2 is 2.13 bits per heavy atom. The van der Waals surface area contributed by atoms with E-state index in [0.29, 0.717) is 23.5 Å². The van der Waals surface area contributed by atoms with Gasteiger partial charge in [-0.2, -0.15) is 5.10 Å². The molecule has 1 amide bonds. The van der Waals surface area contributed by atoms with E-state index in [9.17, 15) is 4.79 Å². The summed E-state index contributed by atoms with van der Waals surface area (Å²) in [4.78, 5) is 11.7. The Morgan fingerprint density at radius 3 is 2.87 bits per heavy atom. The number of nitrogens with zero attached hydrogens (tertiary/aromatic N) is 2. The quantitative estimate of drug-likeness (QED) is 0.722. The van der Waals surface area contributed by atoms with E-state index in [2.05, 4.69) is 10.4 Å². The molecule has 0 aliphatic rings. The molecule has 2 aromatic carbocycles. The zero-order chi connectivity index (χ0) is 16.4. The number of nitrogens with two attached hydrogens (primary N) is 1. The van der Waals surface area contributed by atoms with E-state index < -0.39 is 0 Å². The Balaban J connectivity index is 1.98. The average Bonchev–Trinajstić information content (AvgIpc) is 2.96. The first-order valence-electron chi connectivity index (χ1n) is 7.22. The number of nitrogens with one attached hydrogen (secondary N) is 1. The fraction of sp³-hybridized carbons (Fsp3) is 0.176. The van der Waals surface area contributed by atoms with Crippen LogP contribution in [0.4, 0.5) is 5.69 Å². The van der Waals surface area contributed by atoms with Gasteiger partial charge in [0.25, 0.3) is 5.91 Å². The molecule has 6 heteroatoms. The number of carbonyl (C=O) groups excluding carboxylic acids is 1. The lowest BCUT2D eigenvalue weighted by Crippen LogP contribution is -2.18. The second kappa shape index (κ2) is 6.00. The molecule has 0 unspecified atom stereocenters. The number of carbonyl (C=O) groups is 1. The lowest BCUT2D eigenvalue weighted by molar-refractivity contribution is 0.0962. The summed E-state index contributed by atoms with van der Waals surface area (Å²) in [5.41, 5.74) is 9.01. The van der Waals surface area contributed by atoms with Gasteiger partial charge in [-0.15, -0.1) is 0 Å². The summed E-state index contributed by atoms with van der Waals surface area (Å²) < 4.78 is 7.28. The van der Waals surface area contributed by atoms with Gasteiger partial charge in [-0.1, -0.05) is 6.07 Å². The topological polar surface area (TPSA) is 82.2 Å². The normalized spacial score (nSPS) is 10.7. The van der Waals surface area contributed by atoms with E-state index in [1.807, 2.05) is 28.9 Å². The van der Waals surface area contributed by atoms with Crippen LogP contribution in [0.2, 0.25) is 0 Å². The molecule has 0 saturated heterocycles.